The number of H-pyrrole nitrogens is 1. The molecule has 0 aliphatic heterocycles. The van der Waals surface area contributed by atoms with Crippen LogP contribution >= 0.6 is 0 Å². The van der Waals surface area contributed by atoms with Gasteiger partial charge in [0.2, 0.25) is 0 Å². The fourth-order valence-corrected chi connectivity index (χ4v) is 4.41. The van der Waals surface area contributed by atoms with Crippen LogP contribution in [0.4, 0.5) is 5.69 Å². The van der Waals surface area contributed by atoms with Crippen molar-refractivity contribution < 1.29 is 12.9 Å². The van der Waals surface area contributed by atoms with Crippen LogP contribution in [0.1, 0.15) is 17.0 Å². The van der Waals surface area contributed by atoms with E-state index in [2.05, 4.69) is 19.8 Å². The van der Waals surface area contributed by atoms with Crippen LogP contribution < -0.4 is 4.72 Å². The van der Waals surface area contributed by atoms with Crippen molar-refractivity contribution in [3.05, 3.63) is 59.5 Å². The summed E-state index contributed by atoms with van der Waals surface area (Å²) in [6.45, 7) is 5.19. The van der Waals surface area contributed by atoms with Crippen molar-refractivity contribution in [3.63, 3.8) is 0 Å². The summed E-state index contributed by atoms with van der Waals surface area (Å²) in [6, 6.07) is 13.0. The number of aryl methyl sites for hydroxylation is 3. The highest BCUT2D eigenvalue weighted by atomic mass is 32.2. The lowest BCUT2D eigenvalue weighted by molar-refractivity contribution is 0.390. The Morgan fingerprint density at radius 1 is 1.04 bits per heavy atom. The number of fused-ring (bicyclic) bond motifs is 1. The second-order valence-corrected chi connectivity index (χ2v) is 8.06. The molecule has 2 aromatic carbocycles. The van der Waals surface area contributed by atoms with Gasteiger partial charge in [-0.25, -0.2) is 13.4 Å². The van der Waals surface area contributed by atoms with Crippen LogP contribution in [0.2, 0.25) is 0 Å². The Bertz CT molecular complexity index is 1220. The van der Waals surface area contributed by atoms with Gasteiger partial charge in [0.25, 0.3) is 10.0 Å². The Morgan fingerprint density at radius 3 is 2.44 bits per heavy atom. The summed E-state index contributed by atoms with van der Waals surface area (Å²) < 4.78 is 32.7. The predicted molar refractivity (Wildman–Crippen MR) is 103 cm³/mol. The second kappa shape index (κ2) is 6.24. The van der Waals surface area contributed by atoms with Crippen LogP contribution in [0.3, 0.4) is 0 Å². The van der Waals surface area contributed by atoms with E-state index in [1.807, 2.05) is 37.3 Å². The monoisotopic (exact) mass is 382 g/mol. The van der Waals surface area contributed by atoms with Crippen molar-refractivity contribution in [2.75, 3.05) is 4.72 Å². The van der Waals surface area contributed by atoms with E-state index in [4.69, 9.17) is 4.52 Å². The van der Waals surface area contributed by atoms with Crippen LogP contribution in [0.25, 0.3) is 22.4 Å². The minimum absolute atomic E-state index is 0.0687. The number of hydrogen-bond donors (Lipinski definition) is 2. The van der Waals surface area contributed by atoms with Crippen LogP contribution in [-0.4, -0.2) is 23.5 Å². The van der Waals surface area contributed by atoms with Gasteiger partial charge >= 0.3 is 0 Å². The number of anilines is 1. The summed E-state index contributed by atoms with van der Waals surface area (Å²) >= 11 is 0. The van der Waals surface area contributed by atoms with Gasteiger partial charge < -0.3 is 9.51 Å². The summed E-state index contributed by atoms with van der Waals surface area (Å²) in [5.74, 6) is 0.991. The van der Waals surface area contributed by atoms with Gasteiger partial charge in [0.05, 0.1) is 11.0 Å². The molecule has 2 N–H and O–H groups in total. The van der Waals surface area contributed by atoms with Crippen LogP contribution in [0, 0.1) is 20.8 Å². The van der Waals surface area contributed by atoms with E-state index < -0.39 is 10.0 Å². The Hall–Kier alpha value is -3.13. The lowest BCUT2D eigenvalue weighted by Gasteiger charge is -2.08. The number of aromatic nitrogens is 3. The summed E-state index contributed by atoms with van der Waals surface area (Å²) in [5.41, 5.74) is 4.65. The van der Waals surface area contributed by atoms with Crippen molar-refractivity contribution in [1.29, 1.82) is 0 Å². The summed E-state index contributed by atoms with van der Waals surface area (Å²) in [7, 11) is -3.76. The third-order valence-electron chi connectivity index (χ3n) is 4.28. The van der Waals surface area contributed by atoms with Crippen molar-refractivity contribution in [2.45, 2.75) is 25.7 Å². The summed E-state index contributed by atoms with van der Waals surface area (Å²) in [4.78, 5) is 7.93. The van der Waals surface area contributed by atoms with E-state index in [9.17, 15) is 8.42 Å². The third-order valence-corrected chi connectivity index (χ3v) is 5.91. The zero-order valence-electron chi connectivity index (χ0n) is 15.1. The van der Waals surface area contributed by atoms with Gasteiger partial charge in [-0.1, -0.05) is 11.2 Å². The molecule has 0 fully saturated rings. The van der Waals surface area contributed by atoms with E-state index in [-0.39, 0.29) is 10.7 Å². The molecule has 0 saturated heterocycles. The lowest BCUT2D eigenvalue weighted by Crippen LogP contribution is -2.14. The van der Waals surface area contributed by atoms with Crippen molar-refractivity contribution >= 4 is 26.7 Å². The van der Waals surface area contributed by atoms with Gasteiger partial charge in [0, 0.05) is 11.3 Å². The Kier molecular flexibility index (Phi) is 4.00. The molecule has 4 aromatic rings. The number of imidazole rings is 1. The van der Waals surface area contributed by atoms with E-state index in [1.165, 1.54) is 0 Å². The first kappa shape index (κ1) is 17.3. The molecule has 0 saturated carbocycles. The topological polar surface area (TPSA) is 101 Å². The van der Waals surface area contributed by atoms with Gasteiger partial charge in [-0.3, -0.25) is 4.72 Å². The minimum atomic E-state index is -3.76. The molecule has 138 valence electrons. The SMILES string of the molecule is Cc1ccc2nc(-c3ccc(NS(=O)(=O)c4c(C)noc4C)cc3)[nH]c2c1. The maximum atomic E-state index is 12.6. The summed E-state index contributed by atoms with van der Waals surface area (Å²) in [5, 5.41) is 3.70. The Morgan fingerprint density at radius 2 is 1.78 bits per heavy atom. The van der Waals surface area contributed by atoms with E-state index in [0.29, 0.717) is 11.4 Å². The molecule has 8 heteroatoms. The molecule has 7 nitrogen and oxygen atoms in total. The van der Waals surface area contributed by atoms with Gasteiger partial charge in [-0.2, -0.15) is 0 Å². The molecule has 2 aromatic heterocycles. The number of benzene rings is 2. The number of nitrogens with zero attached hydrogens (tertiary/aromatic N) is 2. The van der Waals surface area contributed by atoms with E-state index in [0.717, 1.165) is 28.0 Å². The highest BCUT2D eigenvalue weighted by Gasteiger charge is 2.24. The van der Waals surface area contributed by atoms with Crippen molar-refractivity contribution in [2.24, 2.45) is 0 Å². The Balaban J connectivity index is 1.62. The first-order chi connectivity index (χ1) is 12.8. The molecule has 0 radical (unpaired) electrons. The minimum Gasteiger partial charge on any atom is -0.360 e. The maximum absolute atomic E-state index is 12.6. The van der Waals surface area contributed by atoms with Crippen LogP contribution in [0.15, 0.2) is 51.9 Å². The average Bonchev–Trinajstić information content (AvgIpc) is 3.18. The Labute approximate surface area is 156 Å². The molecule has 27 heavy (non-hydrogen) atoms. The first-order valence-corrected chi connectivity index (χ1v) is 9.84. The van der Waals surface area contributed by atoms with Gasteiger partial charge in [-0.15, -0.1) is 0 Å². The molecule has 2 heterocycles. The molecule has 0 unspecified atom stereocenters. The number of aromatic amines is 1. The van der Waals surface area contributed by atoms with Crippen molar-refractivity contribution in [1.82, 2.24) is 15.1 Å². The number of nitrogens with one attached hydrogen (secondary N) is 2. The lowest BCUT2D eigenvalue weighted by atomic mass is 10.2. The molecule has 0 amide bonds. The number of sulfonamides is 1. The highest BCUT2D eigenvalue weighted by molar-refractivity contribution is 7.92. The normalized spacial score (nSPS) is 11.8. The van der Waals surface area contributed by atoms with Crippen LogP contribution in [-0.2, 0) is 10.0 Å². The zero-order valence-corrected chi connectivity index (χ0v) is 15.9. The molecule has 0 aliphatic carbocycles. The number of hydrogen-bond acceptors (Lipinski definition) is 5. The molecular formula is C19H18N4O3S. The average molecular weight is 382 g/mol. The van der Waals surface area contributed by atoms with E-state index >= 15 is 0 Å². The molecule has 0 bridgehead atoms. The van der Waals surface area contributed by atoms with Gasteiger partial charge in [0.1, 0.15) is 11.5 Å². The van der Waals surface area contributed by atoms with E-state index in [1.54, 1.807) is 26.0 Å². The maximum Gasteiger partial charge on any atom is 0.267 e. The number of rotatable bonds is 4. The fraction of sp³-hybridized carbons (Fsp3) is 0.158. The smallest absolute Gasteiger partial charge is 0.267 e. The summed E-state index contributed by atoms with van der Waals surface area (Å²) in [6.07, 6.45) is 0. The largest absolute Gasteiger partial charge is 0.360 e. The molecule has 4 rings (SSSR count). The predicted octanol–water partition coefficient (Wildman–Crippen LogP) is 3.94. The van der Waals surface area contributed by atoms with Crippen LogP contribution in [0.5, 0.6) is 0 Å². The van der Waals surface area contributed by atoms with Crippen molar-refractivity contribution in [3.8, 4) is 11.4 Å². The zero-order chi connectivity index (χ0) is 19.2. The molecular weight excluding hydrogens is 364 g/mol. The third kappa shape index (κ3) is 3.19. The quantitative estimate of drug-likeness (QED) is 0.557. The standard InChI is InChI=1S/C19H18N4O3S/c1-11-4-9-16-17(10-11)21-19(20-16)14-5-7-15(8-6-14)23-27(24,25)18-12(2)22-26-13(18)3/h4-10,23H,1-3H3,(H,20,21). The molecule has 0 atom stereocenters. The van der Waals surface area contributed by atoms with Gasteiger partial charge in [-0.05, 0) is 62.7 Å². The second-order valence-electron chi connectivity index (χ2n) is 6.44. The molecule has 0 aliphatic rings. The molecule has 0 spiro atoms. The fourth-order valence-electron chi connectivity index (χ4n) is 3.02. The van der Waals surface area contributed by atoms with Gasteiger partial charge in [0.15, 0.2) is 10.7 Å². The highest BCUT2D eigenvalue weighted by Crippen LogP contribution is 2.25. The first-order valence-electron chi connectivity index (χ1n) is 8.36.